The molecule has 1 saturated carbocycles. The summed E-state index contributed by atoms with van der Waals surface area (Å²) in [5.41, 5.74) is 0.374. The molecular weight excluding hydrogens is 284 g/mol. The third-order valence-corrected chi connectivity index (χ3v) is 4.48. The Bertz CT molecular complexity index is 483. The molecule has 1 aromatic heterocycles. The van der Waals surface area contributed by atoms with Crippen LogP contribution in [-0.2, 0) is 0 Å². The van der Waals surface area contributed by atoms with Gasteiger partial charge in [-0.15, -0.1) is 0 Å². The summed E-state index contributed by atoms with van der Waals surface area (Å²) in [6.45, 7) is 6.92. The van der Waals surface area contributed by atoms with Gasteiger partial charge in [0.05, 0.1) is 6.26 Å². The molecule has 0 aliphatic heterocycles. The molecule has 0 unspecified atom stereocenters. The van der Waals surface area contributed by atoms with Crippen LogP contribution in [0.25, 0.3) is 0 Å². The molecule has 0 bridgehead atoms. The van der Waals surface area contributed by atoms with Crippen molar-refractivity contribution in [2.45, 2.75) is 52.5 Å². The highest BCUT2D eigenvalue weighted by Crippen LogP contribution is 2.37. The molecule has 1 aliphatic rings. The Morgan fingerprint density at radius 3 is 2.48 bits per heavy atom. The highest BCUT2D eigenvalue weighted by molar-refractivity contribution is 7.80. The van der Waals surface area contributed by atoms with Crippen molar-refractivity contribution < 1.29 is 9.21 Å². The highest BCUT2D eigenvalue weighted by atomic mass is 32.1. The van der Waals surface area contributed by atoms with Crippen LogP contribution in [0.15, 0.2) is 22.8 Å². The van der Waals surface area contributed by atoms with Gasteiger partial charge in [0.2, 0.25) is 0 Å². The molecule has 116 valence electrons. The summed E-state index contributed by atoms with van der Waals surface area (Å²) in [5.74, 6) is 0.735. The Kier molecular flexibility index (Phi) is 5.04. The van der Waals surface area contributed by atoms with E-state index in [1.54, 1.807) is 12.1 Å². The zero-order valence-corrected chi connectivity index (χ0v) is 13.8. The maximum absolute atomic E-state index is 11.8. The van der Waals surface area contributed by atoms with Gasteiger partial charge in [-0.05, 0) is 61.4 Å². The molecule has 4 nitrogen and oxygen atoms in total. The lowest BCUT2D eigenvalue weighted by Gasteiger charge is -2.37. The van der Waals surface area contributed by atoms with E-state index >= 15 is 0 Å². The maximum Gasteiger partial charge on any atom is 0.293 e. The molecule has 0 radical (unpaired) electrons. The van der Waals surface area contributed by atoms with Gasteiger partial charge in [-0.2, -0.15) is 0 Å². The van der Waals surface area contributed by atoms with Gasteiger partial charge in [0.25, 0.3) is 5.91 Å². The molecule has 1 amide bonds. The fourth-order valence-corrected chi connectivity index (χ4v) is 3.16. The quantitative estimate of drug-likeness (QED) is 0.821. The zero-order valence-electron chi connectivity index (χ0n) is 12.9. The number of rotatable bonds is 2. The van der Waals surface area contributed by atoms with E-state index in [4.69, 9.17) is 16.6 Å². The van der Waals surface area contributed by atoms with Gasteiger partial charge in [0, 0.05) is 6.04 Å². The average molecular weight is 308 g/mol. The maximum atomic E-state index is 11.8. The lowest BCUT2D eigenvalue weighted by atomic mass is 9.71. The molecule has 0 atom stereocenters. The third kappa shape index (κ3) is 4.56. The number of carbonyl (C=O) groups excluding carboxylic acids is 1. The van der Waals surface area contributed by atoms with Gasteiger partial charge in [0.1, 0.15) is 0 Å². The Morgan fingerprint density at radius 2 is 1.95 bits per heavy atom. The summed E-state index contributed by atoms with van der Waals surface area (Å²) >= 11 is 5.20. The van der Waals surface area contributed by atoms with Gasteiger partial charge in [0.15, 0.2) is 10.9 Å². The first kappa shape index (κ1) is 16.0. The van der Waals surface area contributed by atoms with Crippen molar-refractivity contribution in [2.75, 3.05) is 0 Å². The van der Waals surface area contributed by atoms with Crippen molar-refractivity contribution >= 4 is 23.2 Å². The first-order valence-corrected chi connectivity index (χ1v) is 7.92. The smallest absolute Gasteiger partial charge is 0.293 e. The van der Waals surface area contributed by atoms with Crippen molar-refractivity contribution in [1.29, 1.82) is 0 Å². The van der Waals surface area contributed by atoms with Gasteiger partial charge in [-0.25, -0.2) is 0 Å². The minimum atomic E-state index is -0.305. The van der Waals surface area contributed by atoms with Crippen molar-refractivity contribution in [1.82, 2.24) is 10.6 Å². The summed E-state index contributed by atoms with van der Waals surface area (Å²) < 4.78 is 5.04. The molecule has 1 aliphatic carbocycles. The molecule has 0 saturated heterocycles. The predicted octanol–water partition coefficient (Wildman–Crippen LogP) is 3.49. The summed E-state index contributed by atoms with van der Waals surface area (Å²) in [7, 11) is 0. The molecule has 1 heterocycles. The van der Waals surface area contributed by atoms with Gasteiger partial charge < -0.3 is 9.73 Å². The zero-order chi connectivity index (χ0) is 15.5. The second-order valence-corrected chi connectivity index (χ2v) is 7.23. The lowest BCUT2D eigenvalue weighted by Crippen LogP contribution is -2.46. The molecule has 0 spiro atoms. The number of thiocarbonyl (C=S) groups is 1. The van der Waals surface area contributed by atoms with Crippen LogP contribution in [0.2, 0.25) is 0 Å². The number of hydrogen-bond donors (Lipinski definition) is 2. The van der Waals surface area contributed by atoms with Crippen LogP contribution in [0.1, 0.15) is 57.0 Å². The Hall–Kier alpha value is -1.36. The normalized spacial score (nSPS) is 22.6. The Labute approximate surface area is 131 Å². The van der Waals surface area contributed by atoms with Crippen LogP contribution in [0.3, 0.4) is 0 Å². The first-order chi connectivity index (χ1) is 9.86. The van der Waals surface area contributed by atoms with E-state index in [2.05, 4.69) is 31.4 Å². The minimum Gasteiger partial charge on any atom is -0.459 e. The molecule has 1 fully saturated rings. The molecule has 0 aromatic carbocycles. The van der Waals surface area contributed by atoms with Gasteiger partial charge >= 0.3 is 0 Å². The average Bonchev–Trinajstić information content (AvgIpc) is 2.92. The van der Waals surface area contributed by atoms with Crippen LogP contribution < -0.4 is 10.6 Å². The summed E-state index contributed by atoms with van der Waals surface area (Å²) in [6, 6.07) is 3.65. The van der Waals surface area contributed by atoms with E-state index in [0.29, 0.717) is 16.6 Å². The fourth-order valence-electron chi connectivity index (χ4n) is 2.90. The minimum absolute atomic E-state index is 0.274. The number of hydrogen-bond acceptors (Lipinski definition) is 3. The van der Waals surface area contributed by atoms with Crippen LogP contribution in [-0.4, -0.2) is 17.1 Å². The summed E-state index contributed by atoms with van der Waals surface area (Å²) in [6.07, 6.45) is 6.07. The van der Waals surface area contributed by atoms with Gasteiger partial charge in [-0.1, -0.05) is 20.8 Å². The van der Waals surface area contributed by atoms with Crippen molar-refractivity contribution in [3.8, 4) is 0 Å². The van der Waals surface area contributed by atoms with Crippen LogP contribution in [0, 0.1) is 11.3 Å². The van der Waals surface area contributed by atoms with Crippen molar-refractivity contribution in [2.24, 2.45) is 11.3 Å². The molecular formula is C16H24N2O2S. The van der Waals surface area contributed by atoms with Crippen molar-refractivity contribution in [3.05, 3.63) is 24.2 Å². The van der Waals surface area contributed by atoms with Crippen LogP contribution in [0.5, 0.6) is 0 Å². The Morgan fingerprint density at radius 1 is 1.29 bits per heavy atom. The monoisotopic (exact) mass is 308 g/mol. The van der Waals surface area contributed by atoms with E-state index in [-0.39, 0.29) is 11.7 Å². The molecule has 21 heavy (non-hydrogen) atoms. The third-order valence-electron chi connectivity index (χ3n) is 4.26. The number of amides is 1. The summed E-state index contributed by atoms with van der Waals surface area (Å²) in [5, 5.41) is 6.29. The SMILES string of the molecule is CC(C)(C)C1CCC(NC(=S)NC(=O)c2ccco2)CC1. The second kappa shape index (κ2) is 6.60. The number of carbonyl (C=O) groups is 1. The standard InChI is InChI=1S/C16H24N2O2S/c1-16(2,3)11-6-8-12(9-7-11)17-15(21)18-14(19)13-5-4-10-20-13/h4-5,10-12H,6-9H2,1-3H3,(H2,17,18,19,21). The largest absolute Gasteiger partial charge is 0.459 e. The molecule has 2 N–H and O–H groups in total. The number of furan rings is 1. The Balaban J connectivity index is 1.76. The summed E-state index contributed by atoms with van der Waals surface area (Å²) in [4.78, 5) is 11.8. The predicted molar refractivity (Wildman–Crippen MR) is 87.1 cm³/mol. The second-order valence-electron chi connectivity index (χ2n) is 6.82. The van der Waals surface area contributed by atoms with Crippen LogP contribution >= 0.6 is 12.2 Å². The first-order valence-electron chi connectivity index (χ1n) is 7.51. The number of nitrogens with one attached hydrogen (secondary N) is 2. The fraction of sp³-hybridized carbons (Fsp3) is 0.625. The van der Waals surface area contributed by atoms with E-state index in [1.165, 1.54) is 19.1 Å². The molecule has 5 heteroatoms. The van der Waals surface area contributed by atoms with E-state index in [0.717, 1.165) is 18.8 Å². The molecule has 1 aromatic rings. The lowest BCUT2D eigenvalue weighted by molar-refractivity contribution is 0.0949. The van der Waals surface area contributed by atoms with Crippen molar-refractivity contribution in [3.63, 3.8) is 0 Å². The van der Waals surface area contributed by atoms with Gasteiger partial charge in [-0.3, -0.25) is 10.1 Å². The highest BCUT2D eigenvalue weighted by Gasteiger charge is 2.29. The van der Waals surface area contributed by atoms with Crippen LogP contribution in [0.4, 0.5) is 0 Å². The van der Waals surface area contributed by atoms with E-state index < -0.39 is 0 Å². The van der Waals surface area contributed by atoms with E-state index in [1.807, 2.05) is 0 Å². The topological polar surface area (TPSA) is 54.3 Å². The molecule has 2 rings (SSSR count). The van der Waals surface area contributed by atoms with E-state index in [9.17, 15) is 4.79 Å².